The Morgan fingerprint density at radius 1 is 0.700 bits per heavy atom. The maximum Gasteiger partial charge on any atom is 0.0518 e. The van der Waals surface area contributed by atoms with Crippen LogP contribution in [0.5, 0.6) is 0 Å². The Labute approximate surface area is 191 Å². The van der Waals surface area contributed by atoms with Crippen molar-refractivity contribution in [1.82, 2.24) is 0 Å². The van der Waals surface area contributed by atoms with E-state index in [2.05, 4.69) is 74.3 Å². The fourth-order valence-corrected chi connectivity index (χ4v) is 5.73. The third-order valence-corrected chi connectivity index (χ3v) is 7.79. The summed E-state index contributed by atoms with van der Waals surface area (Å²) in [5.41, 5.74) is 2.43. The van der Waals surface area contributed by atoms with Crippen molar-refractivity contribution in [3.8, 4) is 23.7 Å². The summed E-state index contributed by atoms with van der Waals surface area (Å²) in [4.78, 5) is 0. The Bertz CT molecular complexity index is 939. The Kier molecular flexibility index (Phi) is 8.87. The van der Waals surface area contributed by atoms with Crippen LogP contribution in [0, 0.1) is 35.5 Å². The summed E-state index contributed by atoms with van der Waals surface area (Å²) in [6, 6.07) is 4.49. The third-order valence-electron chi connectivity index (χ3n) is 5.92. The highest BCUT2D eigenvalue weighted by Gasteiger charge is 2.14. The predicted octanol–water partition coefficient (Wildman–Crippen LogP) is 9.25. The van der Waals surface area contributed by atoms with E-state index < -0.39 is 0 Å². The molecule has 2 atom stereocenters. The molecule has 3 aromatic rings. The van der Waals surface area contributed by atoms with Crippen molar-refractivity contribution < 1.29 is 0 Å². The topological polar surface area (TPSA) is 0 Å². The predicted molar refractivity (Wildman–Crippen MR) is 138 cm³/mol. The first-order chi connectivity index (χ1) is 14.7. The first-order valence-corrected chi connectivity index (χ1v) is 13.4. The van der Waals surface area contributed by atoms with Crippen LogP contribution in [0.15, 0.2) is 22.9 Å². The molecule has 2 heterocycles. The quantitative estimate of drug-likeness (QED) is 0.310. The summed E-state index contributed by atoms with van der Waals surface area (Å²) in [7, 11) is 0. The molecule has 158 valence electrons. The Hall–Kier alpha value is -1.74. The molecule has 2 heteroatoms. The van der Waals surface area contributed by atoms with Gasteiger partial charge in [0.15, 0.2) is 0 Å². The summed E-state index contributed by atoms with van der Waals surface area (Å²) in [5, 5.41) is 6.98. The van der Waals surface area contributed by atoms with Gasteiger partial charge in [0, 0.05) is 22.6 Å². The lowest BCUT2D eigenvalue weighted by molar-refractivity contribution is 0.556. The van der Waals surface area contributed by atoms with Gasteiger partial charge >= 0.3 is 0 Å². The smallest absolute Gasteiger partial charge is 0.0518 e. The second-order valence-corrected chi connectivity index (χ2v) is 9.94. The van der Waals surface area contributed by atoms with Gasteiger partial charge in [-0.1, -0.05) is 77.1 Å². The molecular weight excluding hydrogens is 400 g/mol. The highest BCUT2D eigenvalue weighted by molar-refractivity contribution is 7.19. The van der Waals surface area contributed by atoms with Gasteiger partial charge in [-0.3, -0.25) is 0 Å². The van der Waals surface area contributed by atoms with Gasteiger partial charge in [-0.25, -0.2) is 0 Å². The van der Waals surface area contributed by atoms with Crippen LogP contribution in [0.1, 0.15) is 90.2 Å². The van der Waals surface area contributed by atoms with E-state index in [-0.39, 0.29) is 0 Å². The van der Waals surface area contributed by atoms with Crippen molar-refractivity contribution >= 4 is 42.8 Å². The van der Waals surface area contributed by atoms with E-state index >= 15 is 0 Å². The maximum atomic E-state index is 3.61. The van der Waals surface area contributed by atoms with E-state index in [1.54, 1.807) is 0 Å². The first kappa shape index (κ1) is 22.9. The molecule has 0 N–H and O–H groups in total. The SMILES string of the molecule is CCCCC(C#Cc1c2ccsc2c(C#CC(CC)CCCC)c2ccsc12)CC. The molecule has 0 spiro atoms. The highest BCUT2D eigenvalue weighted by atomic mass is 32.1. The number of hydrogen-bond donors (Lipinski definition) is 0. The number of rotatable bonds is 8. The van der Waals surface area contributed by atoms with Gasteiger partial charge in [-0.05, 0) is 48.6 Å². The summed E-state index contributed by atoms with van der Waals surface area (Å²) in [6.07, 6.45) is 9.70. The Balaban J connectivity index is 2.06. The zero-order valence-electron chi connectivity index (χ0n) is 18.9. The van der Waals surface area contributed by atoms with Crippen molar-refractivity contribution in [3.63, 3.8) is 0 Å². The average molecular weight is 435 g/mol. The minimum atomic E-state index is 0.497. The lowest BCUT2D eigenvalue weighted by atomic mass is 9.97. The van der Waals surface area contributed by atoms with Gasteiger partial charge in [0.2, 0.25) is 0 Å². The van der Waals surface area contributed by atoms with E-state index in [0.29, 0.717) is 11.8 Å². The first-order valence-electron chi connectivity index (χ1n) is 11.7. The zero-order chi connectivity index (χ0) is 21.3. The molecule has 3 rings (SSSR count). The molecule has 0 amide bonds. The fourth-order valence-electron chi connectivity index (χ4n) is 3.90. The van der Waals surface area contributed by atoms with Crippen LogP contribution in [0.3, 0.4) is 0 Å². The molecule has 0 aliphatic heterocycles. The maximum absolute atomic E-state index is 3.61. The number of fused-ring (bicyclic) bond motifs is 2. The van der Waals surface area contributed by atoms with Crippen LogP contribution >= 0.6 is 22.7 Å². The third kappa shape index (κ3) is 5.29. The fraction of sp³-hybridized carbons (Fsp3) is 0.500. The summed E-state index contributed by atoms with van der Waals surface area (Å²) in [5.74, 6) is 15.4. The number of benzene rings is 1. The minimum Gasteiger partial charge on any atom is -0.142 e. The molecule has 2 unspecified atom stereocenters. The second kappa shape index (κ2) is 11.6. The lowest BCUT2D eigenvalue weighted by Gasteiger charge is -2.08. The molecule has 2 aromatic heterocycles. The standard InChI is InChI=1S/C28H34S2/c1-5-9-11-21(7-3)13-15-23-25-17-19-30-28(25)24(26-18-20-29-27(23)26)16-14-22(8-4)12-10-6-2/h17-22H,5-12H2,1-4H3. The molecule has 0 radical (unpaired) electrons. The van der Waals surface area contributed by atoms with E-state index in [4.69, 9.17) is 0 Å². The normalized spacial score (nSPS) is 12.9. The zero-order valence-corrected chi connectivity index (χ0v) is 20.6. The van der Waals surface area contributed by atoms with E-state index in [0.717, 1.165) is 12.8 Å². The van der Waals surface area contributed by atoms with Gasteiger partial charge in [0.1, 0.15) is 0 Å². The highest BCUT2D eigenvalue weighted by Crippen LogP contribution is 2.38. The van der Waals surface area contributed by atoms with Gasteiger partial charge < -0.3 is 0 Å². The van der Waals surface area contributed by atoms with Crippen LogP contribution in [0.4, 0.5) is 0 Å². The number of hydrogen-bond acceptors (Lipinski definition) is 2. The second-order valence-electron chi connectivity index (χ2n) is 8.11. The van der Waals surface area contributed by atoms with Gasteiger partial charge in [0.05, 0.1) is 20.5 Å². The molecule has 0 saturated carbocycles. The van der Waals surface area contributed by atoms with E-state index in [1.807, 2.05) is 22.7 Å². The van der Waals surface area contributed by atoms with Crippen molar-refractivity contribution in [3.05, 3.63) is 34.0 Å². The number of thiophene rings is 2. The van der Waals surface area contributed by atoms with E-state index in [1.165, 1.54) is 69.8 Å². The summed E-state index contributed by atoms with van der Waals surface area (Å²) >= 11 is 3.62. The molecule has 0 nitrogen and oxygen atoms in total. The Morgan fingerprint density at radius 2 is 1.13 bits per heavy atom. The Morgan fingerprint density at radius 3 is 1.50 bits per heavy atom. The van der Waals surface area contributed by atoms with Crippen molar-refractivity contribution in [2.24, 2.45) is 11.8 Å². The average Bonchev–Trinajstić information content (AvgIpc) is 3.44. The largest absolute Gasteiger partial charge is 0.142 e. The molecule has 0 saturated heterocycles. The summed E-state index contributed by atoms with van der Waals surface area (Å²) < 4.78 is 2.62. The van der Waals surface area contributed by atoms with Crippen LogP contribution in [0.25, 0.3) is 20.2 Å². The van der Waals surface area contributed by atoms with Crippen molar-refractivity contribution in [1.29, 1.82) is 0 Å². The molecule has 0 fully saturated rings. The minimum absolute atomic E-state index is 0.497. The molecule has 30 heavy (non-hydrogen) atoms. The lowest BCUT2D eigenvalue weighted by Crippen LogP contribution is -1.95. The molecule has 1 aromatic carbocycles. The van der Waals surface area contributed by atoms with Gasteiger partial charge in [0.25, 0.3) is 0 Å². The van der Waals surface area contributed by atoms with E-state index in [9.17, 15) is 0 Å². The van der Waals surface area contributed by atoms with Crippen LogP contribution in [-0.4, -0.2) is 0 Å². The monoisotopic (exact) mass is 434 g/mol. The van der Waals surface area contributed by atoms with Crippen LogP contribution < -0.4 is 0 Å². The molecule has 0 aliphatic rings. The van der Waals surface area contributed by atoms with Crippen molar-refractivity contribution in [2.75, 3.05) is 0 Å². The summed E-state index contributed by atoms with van der Waals surface area (Å²) in [6.45, 7) is 9.04. The van der Waals surface area contributed by atoms with Crippen LogP contribution in [0.2, 0.25) is 0 Å². The molecule has 0 aliphatic carbocycles. The van der Waals surface area contributed by atoms with Gasteiger partial charge in [-0.2, -0.15) is 0 Å². The number of unbranched alkanes of at least 4 members (excludes halogenated alkanes) is 2. The van der Waals surface area contributed by atoms with Gasteiger partial charge in [-0.15, -0.1) is 22.7 Å². The molecular formula is C28H34S2. The van der Waals surface area contributed by atoms with Crippen LogP contribution in [-0.2, 0) is 0 Å². The van der Waals surface area contributed by atoms with Crippen molar-refractivity contribution in [2.45, 2.75) is 79.1 Å². The molecule has 0 bridgehead atoms.